The maximum Gasteiger partial charge on any atom is 0.229 e. The van der Waals surface area contributed by atoms with E-state index in [1.54, 1.807) is 6.07 Å². The molecule has 5 heterocycles. The SMILES string of the molecule is Fc1cnc(Nc2ccc(CN3CCNCC3)cn2)nc1-c1cc(F)c2nc3n(c2c1)CCC3. The number of nitrogens with one attached hydrogen (secondary N) is 2. The molecule has 0 spiro atoms. The molecule has 1 aromatic carbocycles. The molecule has 34 heavy (non-hydrogen) atoms. The average Bonchev–Trinajstić information content (AvgIpc) is 3.45. The maximum absolute atomic E-state index is 14.8. The minimum atomic E-state index is -0.621. The summed E-state index contributed by atoms with van der Waals surface area (Å²) < 4.78 is 31.5. The molecule has 6 rings (SSSR count). The van der Waals surface area contributed by atoms with Crippen molar-refractivity contribution in [3.63, 3.8) is 0 Å². The fraction of sp³-hybridized carbons (Fsp3) is 0.333. The number of piperazine rings is 1. The van der Waals surface area contributed by atoms with Crippen LogP contribution in [0.5, 0.6) is 0 Å². The van der Waals surface area contributed by atoms with Crippen LogP contribution in [0.1, 0.15) is 17.8 Å². The van der Waals surface area contributed by atoms with Gasteiger partial charge in [0.2, 0.25) is 5.95 Å². The largest absolute Gasteiger partial charge is 0.328 e. The van der Waals surface area contributed by atoms with E-state index in [0.29, 0.717) is 22.4 Å². The van der Waals surface area contributed by atoms with E-state index in [9.17, 15) is 8.78 Å². The Morgan fingerprint density at radius 1 is 0.971 bits per heavy atom. The summed E-state index contributed by atoms with van der Waals surface area (Å²) in [4.78, 5) is 19.6. The smallest absolute Gasteiger partial charge is 0.229 e. The summed E-state index contributed by atoms with van der Waals surface area (Å²) in [5.74, 6) is 0.506. The first-order chi connectivity index (χ1) is 16.6. The van der Waals surface area contributed by atoms with E-state index in [-0.39, 0.29) is 11.6 Å². The van der Waals surface area contributed by atoms with E-state index < -0.39 is 11.6 Å². The Balaban J connectivity index is 1.25. The van der Waals surface area contributed by atoms with Crippen LogP contribution in [0.4, 0.5) is 20.5 Å². The fourth-order valence-corrected chi connectivity index (χ4v) is 4.67. The summed E-state index contributed by atoms with van der Waals surface area (Å²) in [6.07, 6.45) is 4.70. The van der Waals surface area contributed by atoms with Crippen molar-refractivity contribution in [1.82, 2.24) is 34.7 Å². The molecule has 2 N–H and O–H groups in total. The van der Waals surface area contributed by atoms with E-state index >= 15 is 0 Å². The highest BCUT2D eigenvalue weighted by molar-refractivity contribution is 5.83. The van der Waals surface area contributed by atoms with Gasteiger partial charge in [-0.3, -0.25) is 4.90 Å². The maximum atomic E-state index is 14.8. The van der Waals surface area contributed by atoms with Gasteiger partial charge in [-0.1, -0.05) is 6.07 Å². The van der Waals surface area contributed by atoms with Gasteiger partial charge in [-0.05, 0) is 30.2 Å². The molecule has 4 aromatic rings. The van der Waals surface area contributed by atoms with E-state index in [4.69, 9.17) is 0 Å². The van der Waals surface area contributed by atoms with Crippen LogP contribution in [0.15, 0.2) is 36.7 Å². The standard InChI is InChI=1S/C24H24F2N8/c25-17-10-16(11-19-23(17)31-21-2-1-7-34(19)21)22-18(26)13-29-24(32-22)30-20-4-3-15(12-28-20)14-33-8-5-27-6-9-33/h3-4,10-13,27H,1-2,5-9,14H2,(H,28,29,30,32). The molecule has 2 aliphatic heterocycles. The summed E-state index contributed by atoms with van der Waals surface area (Å²) in [5.41, 5.74) is 2.47. The van der Waals surface area contributed by atoms with Crippen molar-refractivity contribution in [2.75, 3.05) is 31.5 Å². The number of hydrogen-bond acceptors (Lipinski definition) is 7. The van der Waals surface area contributed by atoms with Crippen molar-refractivity contribution >= 4 is 22.8 Å². The Morgan fingerprint density at radius 3 is 2.68 bits per heavy atom. The molecule has 0 amide bonds. The zero-order valence-corrected chi connectivity index (χ0v) is 18.6. The highest BCUT2D eigenvalue weighted by atomic mass is 19.1. The molecule has 0 bridgehead atoms. The summed E-state index contributed by atoms with van der Waals surface area (Å²) in [5, 5.41) is 6.37. The Labute approximate surface area is 195 Å². The lowest BCUT2D eigenvalue weighted by Gasteiger charge is -2.27. The second kappa shape index (κ2) is 8.69. The molecule has 3 aromatic heterocycles. The molecule has 174 valence electrons. The van der Waals surface area contributed by atoms with Gasteiger partial charge in [0.05, 0.1) is 11.7 Å². The van der Waals surface area contributed by atoms with Gasteiger partial charge in [0.1, 0.15) is 22.9 Å². The quantitative estimate of drug-likeness (QED) is 0.471. The molecule has 0 unspecified atom stereocenters. The number of nitrogens with zero attached hydrogens (tertiary/aromatic N) is 6. The average molecular weight is 463 g/mol. The molecule has 2 aliphatic rings. The minimum absolute atomic E-state index is 0.0298. The number of benzene rings is 1. The molecular weight excluding hydrogens is 438 g/mol. The van der Waals surface area contributed by atoms with Crippen LogP contribution in [0.3, 0.4) is 0 Å². The van der Waals surface area contributed by atoms with Crippen molar-refractivity contribution in [2.24, 2.45) is 0 Å². The van der Waals surface area contributed by atoms with E-state index in [0.717, 1.165) is 69.7 Å². The molecule has 1 saturated heterocycles. The molecule has 0 aliphatic carbocycles. The van der Waals surface area contributed by atoms with Crippen LogP contribution in [-0.2, 0) is 19.5 Å². The fourth-order valence-electron chi connectivity index (χ4n) is 4.67. The number of imidazole rings is 1. The van der Waals surface area contributed by atoms with Crippen LogP contribution in [0.2, 0.25) is 0 Å². The summed E-state index contributed by atoms with van der Waals surface area (Å²) in [7, 11) is 0. The number of anilines is 2. The molecule has 0 saturated carbocycles. The van der Waals surface area contributed by atoms with Crippen LogP contribution in [0, 0.1) is 11.6 Å². The second-order valence-corrected chi connectivity index (χ2v) is 8.70. The Morgan fingerprint density at radius 2 is 1.85 bits per heavy atom. The zero-order chi connectivity index (χ0) is 23.1. The van der Waals surface area contributed by atoms with Crippen molar-refractivity contribution in [1.29, 1.82) is 0 Å². The lowest BCUT2D eigenvalue weighted by Crippen LogP contribution is -2.42. The Bertz CT molecular complexity index is 1350. The monoisotopic (exact) mass is 462 g/mol. The number of rotatable bonds is 5. The highest BCUT2D eigenvalue weighted by Crippen LogP contribution is 2.31. The molecular formula is C24H24F2N8. The van der Waals surface area contributed by atoms with E-state index in [1.165, 1.54) is 6.07 Å². The highest BCUT2D eigenvalue weighted by Gasteiger charge is 2.21. The van der Waals surface area contributed by atoms with E-state index in [2.05, 4.69) is 35.5 Å². The van der Waals surface area contributed by atoms with Crippen molar-refractivity contribution in [3.8, 4) is 11.3 Å². The van der Waals surface area contributed by atoms with Crippen LogP contribution in [0.25, 0.3) is 22.3 Å². The third-order valence-electron chi connectivity index (χ3n) is 6.37. The van der Waals surface area contributed by atoms with Crippen molar-refractivity contribution < 1.29 is 8.78 Å². The van der Waals surface area contributed by atoms with Crippen LogP contribution >= 0.6 is 0 Å². The summed E-state index contributed by atoms with van der Waals surface area (Å²) in [6.45, 7) is 5.65. The number of aryl methyl sites for hydroxylation is 2. The minimum Gasteiger partial charge on any atom is -0.328 e. The van der Waals surface area contributed by atoms with E-state index in [1.807, 2.05) is 22.9 Å². The molecule has 0 radical (unpaired) electrons. The normalized spacial score (nSPS) is 16.2. The molecule has 8 nitrogen and oxygen atoms in total. The number of aromatic nitrogens is 5. The van der Waals surface area contributed by atoms with Crippen LogP contribution in [-0.4, -0.2) is 55.6 Å². The Hall–Kier alpha value is -3.50. The lowest BCUT2D eigenvalue weighted by molar-refractivity contribution is 0.233. The van der Waals surface area contributed by atoms with Gasteiger partial charge in [0.15, 0.2) is 11.6 Å². The molecule has 10 heteroatoms. The predicted molar refractivity (Wildman–Crippen MR) is 125 cm³/mol. The molecule has 1 fully saturated rings. The molecule has 0 atom stereocenters. The predicted octanol–water partition coefficient (Wildman–Crippen LogP) is 3.26. The number of fused-ring (bicyclic) bond motifs is 3. The zero-order valence-electron chi connectivity index (χ0n) is 18.6. The van der Waals surface area contributed by atoms with Crippen molar-refractivity contribution in [2.45, 2.75) is 25.9 Å². The van der Waals surface area contributed by atoms with Gasteiger partial charge >= 0.3 is 0 Å². The topological polar surface area (TPSA) is 83.8 Å². The second-order valence-electron chi connectivity index (χ2n) is 8.70. The first kappa shape index (κ1) is 21.1. The van der Waals surface area contributed by atoms with Gasteiger partial charge < -0.3 is 15.2 Å². The van der Waals surface area contributed by atoms with Crippen LogP contribution < -0.4 is 10.6 Å². The number of halogens is 2. The number of pyridine rings is 1. The van der Waals surface area contributed by atoms with Gasteiger partial charge in [-0.2, -0.15) is 0 Å². The number of hydrogen-bond donors (Lipinski definition) is 2. The summed E-state index contributed by atoms with van der Waals surface area (Å²) in [6, 6.07) is 6.89. The Kier molecular flexibility index (Phi) is 5.39. The lowest BCUT2D eigenvalue weighted by atomic mass is 10.1. The van der Waals surface area contributed by atoms with Gasteiger partial charge in [-0.15, -0.1) is 0 Å². The first-order valence-corrected chi connectivity index (χ1v) is 11.5. The van der Waals surface area contributed by atoms with Crippen molar-refractivity contribution in [3.05, 3.63) is 59.7 Å². The summed E-state index contributed by atoms with van der Waals surface area (Å²) >= 11 is 0. The van der Waals surface area contributed by atoms with Gasteiger partial charge in [-0.25, -0.2) is 28.7 Å². The third-order valence-corrected chi connectivity index (χ3v) is 6.37. The van der Waals surface area contributed by atoms with Gasteiger partial charge in [0.25, 0.3) is 0 Å². The van der Waals surface area contributed by atoms with Gasteiger partial charge in [0, 0.05) is 57.4 Å². The first-order valence-electron chi connectivity index (χ1n) is 11.5. The third kappa shape index (κ3) is 3.99.